The fourth-order valence-corrected chi connectivity index (χ4v) is 2.69. The first-order valence-electron chi connectivity index (χ1n) is 5.77. The van der Waals surface area contributed by atoms with E-state index in [-0.39, 0.29) is 17.7 Å². The Hall–Kier alpha value is -0.620. The van der Waals surface area contributed by atoms with Crippen molar-refractivity contribution in [3.8, 4) is 0 Å². The van der Waals surface area contributed by atoms with Crippen molar-refractivity contribution in [2.45, 2.75) is 40.5 Å². The summed E-state index contributed by atoms with van der Waals surface area (Å²) in [5, 5.41) is 9.03. The van der Waals surface area contributed by atoms with Gasteiger partial charge in [-0.15, -0.1) is 0 Å². The number of carbonyl (C=O) groups is 1. The standard InChI is InChI=1S/C11H23NO4S/c1-5-6-17(15,16)12-8-9(10(13)14)7-11(2,3)4/h9,12H,5-8H2,1-4H3,(H,13,14). The Labute approximate surface area is 104 Å². The molecule has 0 rings (SSSR count). The van der Waals surface area contributed by atoms with Crippen LogP contribution in [0.1, 0.15) is 40.5 Å². The summed E-state index contributed by atoms with van der Waals surface area (Å²) in [4.78, 5) is 11.0. The number of sulfonamides is 1. The Morgan fingerprint density at radius 1 is 1.35 bits per heavy atom. The molecular weight excluding hydrogens is 242 g/mol. The van der Waals surface area contributed by atoms with Gasteiger partial charge in [-0.3, -0.25) is 4.79 Å². The van der Waals surface area contributed by atoms with Gasteiger partial charge in [-0.2, -0.15) is 0 Å². The van der Waals surface area contributed by atoms with Crippen molar-refractivity contribution in [3.05, 3.63) is 0 Å². The van der Waals surface area contributed by atoms with E-state index in [0.717, 1.165) is 0 Å². The molecule has 2 N–H and O–H groups in total. The van der Waals surface area contributed by atoms with Crippen LogP contribution >= 0.6 is 0 Å². The predicted molar refractivity (Wildman–Crippen MR) is 67.3 cm³/mol. The van der Waals surface area contributed by atoms with Gasteiger partial charge in [-0.05, 0) is 18.3 Å². The number of rotatable bonds is 7. The summed E-state index contributed by atoms with van der Waals surface area (Å²) < 4.78 is 25.2. The maximum absolute atomic E-state index is 11.4. The minimum absolute atomic E-state index is 0.0328. The molecule has 0 aromatic heterocycles. The normalized spacial score (nSPS) is 14.6. The third-order valence-corrected chi connectivity index (χ3v) is 3.78. The molecule has 5 nitrogen and oxygen atoms in total. The van der Waals surface area contributed by atoms with E-state index < -0.39 is 21.9 Å². The highest BCUT2D eigenvalue weighted by atomic mass is 32.2. The van der Waals surface area contributed by atoms with Gasteiger partial charge in [0.15, 0.2) is 0 Å². The van der Waals surface area contributed by atoms with Crippen molar-refractivity contribution in [2.24, 2.45) is 11.3 Å². The lowest BCUT2D eigenvalue weighted by molar-refractivity contribution is -0.142. The van der Waals surface area contributed by atoms with Crippen LogP contribution in [0.3, 0.4) is 0 Å². The highest BCUT2D eigenvalue weighted by Crippen LogP contribution is 2.24. The van der Waals surface area contributed by atoms with Crippen LogP contribution in [0, 0.1) is 11.3 Å². The van der Waals surface area contributed by atoms with E-state index in [0.29, 0.717) is 12.8 Å². The first kappa shape index (κ1) is 16.4. The molecule has 0 aliphatic carbocycles. The lowest BCUT2D eigenvalue weighted by Crippen LogP contribution is -2.36. The average molecular weight is 265 g/mol. The minimum Gasteiger partial charge on any atom is -0.481 e. The molecule has 6 heteroatoms. The second-order valence-electron chi connectivity index (χ2n) is 5.47. The second-order valence-corrected chi connectivity index (χ2v) is 7.39. The topological polar surface area (TPSA) is 83.5 Å². The predicted octanol–water partition coefficient (Wildman–Crippen LogP) is 1.45. The average Bonchev–Trinajstić information content (AvgIpc) is 2.10. The minimum atomic E-state index is -3.33. The Kier molecular flexibility index (Phi) is 6.12. The Bertz CT molecular complexity index is 343. The molecule has 1 atom stereocenters. The zero-order chi connectivity index (χ0) is 13.7. The van der Waals surface area contributed by atoms with E-state index in [1.165, 1.54) is 0 Å². The summed E-state index contributed by atoms with van der Waals surface area (Å²) in [5.74, 6) is -1.60. The molecule has 0 aliphatic rings. The molecule has 0 saturated heterocycles. The smallest absolute Gasteiger partial charge is 0.307 e. The molecule has 0 aliphatic heterocycles. The number of aliphatic carboxylic acids is 1. The lowest BCUT2D eigenvalue weighted by Gasteiger charge is -2.23. The molecule has 1 unspecified atom stereocenters. The Morgan fingerprint density at radius 2 is 1.88 bits per heavy atom. The fraction of sp³-hybridized carbons (Fsp3) is 0.909. The van der Waals surface area contributed by atoms with Crippen LogP contribution in [0.25, 0.3) is 0 Å². The van der Waals surface area contributed by atoms with Gasteiger partial charge in [0.25, 0.3) is 0 Å². The third-order valence-electron chi connectivity index (χ3n) is 2.23. The number of nitrogens with one attached hydrogen (secondary N) is 1. The lowest BCUT2D eigenvalue weighted by atomic mass is 9.85. The van der Waals surface area contributed by atoms with Crippen molar-refractivity contribution >= 4 is 16.0 Å². The van der Waals surface area contributed by atoms with E-state index in [1.54, 1.807) is 6.92 Å². The summed E-state index contributed by atoms with van der Waals surface area (Å²) in [7, 11) is -3.33. The number of carboxylic acids is 1. The van der Waals surface area contributed by atoms with Crippen molar-refractivity contribution in [3.63, 3.8) is 0 Å². The van der Waals surface area contributed by atoms with Gasteiger partial charge in [-0.1, -0.05) is 27.7 Å². The van der Waals surface area contributed by atoms with Gasteiger partial charge in [0, 0.05) is 6.54 Å². The van der Waals surface area contributed by atoms with Crippen molar-refractivity contribution in [2.75, 3.05) is 12.3 Å². The van der Waals surface area contributed by atoms with Gasteiger partial charge < -0.3 is 5.11 Å². The zero-order valence-electron chi connectivity index (χ0n) is 11.0. The molecule has 17 heavy (non-hydrogen) atoms. The van der Waals surface area contributed by atoms with Gasteiger partial charge in [0.2, 0.25) is 10.0 Å². The first-order valence-corrected chi connectivity index (χ1v) is 7.43. The molecule has 0 aromatic carbocycles. The molecule has 0 heterocycles. The molecule has 0 radical (unpaired) electrons. The molecule has 0 fully saturated rings. The van der Waals surface area contributed by atoms with Crippen molar-refractivity contribution < 1.29 is 18.3 Å². The number of carboxylic acid groups (broad SMARTS) is 1. The van der Waals surface area contributed by atoms with Crippen LogP contribution in [0.15, 0.2) is 0 Å². The van der Waals surface area contributed by atoms with Crippen LogP contribution in [0.2, 0.25) is 0 Å². The van der Waals surface area contributed by atoms with Crippen LogP contribution in [0.5, 0.6) is 0 Å². The number of hydrogen-bond donors (Lipinski definition) is 2. The summed E-state index contributed by atoms with van der Waals surface area (Å²) >= 11 is 0. The highest BCUT2D eigenvalue weighted by Gasteiger charge is 2.25. The van der Waals surface area contributed by atoms with E-state index in [2.05, 4.69) is 4.72 Å². The molecule has 0 bridgehead atoms. The van der Waals surface area contributed by atoms with E-state index in [4.69, 9.17) is 5.11 Å². The summed E-state index contributed by atoms with van der Waals surface area (Å²) in [6.07, 6.45) is 0.962. The molecular formula is C11H23NO4S. The maximum Gasteiger partial charge on any atom is 0.307 e. The summed E-state index contributed by atoms with van der Waals surface area (Å²) in [6, 6.07) is 0. The molecule has 102 valence electrons. The van der Waals surface area contributed by atoms with E-state index in [1.807, 2.05) is 20.8 Å². The SMILES string of the molecule is CCCS(=O)(=O)NCC(CC(C)(C)C)C(=O)O. The highest BCUT2D eigenvalue weighted by molar-refractivity contribution is 7.89. The maximum atomic E-state index is 11.4. The van der Waals surface area contributed by atoms with Crippen LogP contribution in [-0.4, -0.2) is 31.8 Å². The van der Waals surface area contributed by atoms with Gasteiger partial charge in [0.1, 0.15) is 0 Å². The molecule has 0 amide bonds. The number of hydrogen-bond acceptors (Lipinski definition) is 3. The molecule has 0 spiro atoms. The van der Waals surface area contributed by atoms with E-state index >= 15 is 0 Å². The van der Waals surface area contributed by atoms with Gasteiger partial charge >= 0.3 is 5.97 Å². The van der Waals surface area contributed by atoms with Crippen LogP contribution in [0.4, 0.5) is 0 Å². The van der Waals surface area contributed by atoms with Crippen molar-refractivity contribution in [1.29, 1.82) is 0 Å². The fourth-order valence-electron chi connectivity index (χ4n) is 1.55. The summed E-state index contributed by atoms with van der Waals surface area (Å²) in [6.45, 7) is 7.54. The van der Waals surface area contributed by atoms with Gasteiger partial charge in [0.05, 0.1) is 11.7 Å². The second kappa shape index (κ2) is 6.35. The van der Waals surface area contributed by atoms with E-state index in [9.17, 15) is 13.2 Å². The largest absolute Gasteiger partial charge is 0.481 e. The quantitative estimate of drug-likeness (QED) is 0.730. The third kappa shape index (κ3) is 8.15. The molecule has 0 aromatic rings. The zero-order valence-corrected chi connectivity index (χ0v) is 11.8. The Balaban J connectivity index is 4.44. The monoisotopic (exact) mass is 265 g/mol. The molecule has 0 saturated carbocycles. The Morgan fingerprint density at radius 3 is 2.24 bits per heavy atom. The van der Waals surface area contributed by atoms with Crippen molar-refractivity contribution in [1.82, 2.24) is 4.72 Å². The summed E-state index contributed by atoms with van der Waals surface area (Å²) in [5.41, 5.74) is -0.140. The van der Waals surface area contributed by atoms with Gasteiger partial charge in [-0.25, -0.2) is 13.1 Å². The van der Waals surface area contributed by atoms with Crippen LogP contribution < -0.4 is 4.72 Å². The first-order chi connectivity index (χ1) is 7.57. The van der Waals surface area contributed by atoms with Crippen LogP contribution in [-0.2, 0) is 14.8 Å².